The average molecular weight is 429 g/mol. The molecular weight excluding hydrogens is 383 g/mol. The summed E-state index contributed by atoms with van der Waals surface area (Å²) in [6.45, 7) is 9.90. The van der Waals surface area contributed by atoms with Gasteiger partial charge in [0.05, 0.1) is 0 Å². The van der Waals surface area contributed by atoms with Gasteiger partial charge in [-0.2, -0.15) is 0 Å². The Kier molecular flexibility index (Phi) is 10.3. The molecule has 1 saturated carbocycles. The summed E-state index contributed by atoms with van der Waals surface area (Å²) >= 11 is 0. The Hall–Kier alpha value is -0.720. The molecule has 3 rings (SSSR count). The van der Waals surface area contributed by atoms with Crippen molar-refractivity contribution in [3.8, 4) is 0 Å². The van der Waals surface area contributed by atoms with Crippen LogP contribution >= 0.6 is 9.39 Å². The standard InChI is InChI=1S/C27H45N2P/c1-3-4-7-11-22(2)26-20-27(28-21-26)25-13-9-6-5-8-12-23(14-10-15-25)24-16-18-29(30)19-17-24/h3-4,7,11,23-26H,2,5-6,8-10,12-21,30H2,1H3/b4-3-,11-7-. The van der Waals surface area contributed by atoms with Crippen molar-refractivity contribution in [1.29, 1.82) is 0 Å². The Labute approximate surface area is 188 Å². The van der Waals surface area contributed by atoms with Crippen LogP contribution in [0.15, 0.2) is 41.4 Å². The van der Waals surface area contributed by atoms with Crippen LogP contribution in [0, 0.1) is 23.7 Å². The minimum absolute atomic E-state index is 0.532. The van der Waals surface area contributed by atoms with Crippen LogP contribution in [0.4, 0.5) is 0 Å². The zero-order valence-corrected chi connectivity index (χ0v) is 20.6. The van der Waals surface area contributed by atoms with Crippen LogP contribution in [0.5, 0.6) is 0 Å². The Morgan fingerprint density at radius 3 is 2.37 bits per heavy atom. The fourth-order valence-electron chi connectivity index (χ4n) is 5.84. The highest BCUT2D eigenvalue weighted by molar-refractivity contribution is 7.13. The fraction of sp³-hybridized carbons (Fsp3) is 0.741. The molecule has 168 valence electrons. The molecule has 1 saturated heterocycles. The number of rotatable bonds is 5. The second-order valence-electron chi connectivity index (χ2n) is 9.95. The molecule has 4 unspecified atom stereocenters. The van der Waals surface area contributed by atoms with Crippen LogP contribution < -0.4 is 0 Å². The van der Waals surface area contributed by atoms with Crippen molar-refractivity contribution in [2.75, 3.05) is 19.6 Å². The Balaban J connectivity index is 1.52. The van der Waals surface area contributed by atoms with Crippen LogP contribution in [0.25, 0.3) is 0 Å². The third-order valence-corrected chi connectivity index (χ3v) is 8.34. The molecule has 0 bridgehead atoms. The summed E-state index contributed by atoms with van der Waals surface area (Å²) in [6.07, 6.45) is 25.2. The number of hydrogen-bond acceptors (Lipinski definition) is 2. The molecule has 0 amide bonds. The van der Waals surface area contributed by atoms with Gasteiger partial charge in [0.1, 0.15) is 0 Å². The molecule has 0 spiro atoms. The highest BCUT2D eigenvalue weighted by atomic mass is 31.0. The number of nitrogens with zero attached hydrogens (tertiary/aromatic N) is 2. The van der Waals surface area contributed by atoms with E-state index in [0.717, 1.165) is 30.7 Å². The molecule has 4 atom stereocenters. The monoisotopic (exact) mass is 428 g/mol. The minimum atomic E-state index is 0.532. The van der Waals surface area contributed by atoms with E-state index < -0.39 is 0 Å². The van der Waals surface area contributed by atoms with Crippen molar-refractivity contribution < 1.29 is 0 Å². The van der Waals surface area contributed by atoms with Gasteiger partial charge in [-0.3, -0.25) is 9.66 Å². The van der Waals surface area contributed by atoms with Crippen molar-refractivity contribution >= 4 is 15.1 Å². The molecule has 2 aliphatic heterocycles. The first-order chi connectivity index (χ1) is 14.7. The van der Waals surface area contributed by atoms with Gasteiger partial charge >= 0.3 is 0 Å². The van der Waals surface area contributed by atoms with Gasteiger partial charge in [0.25, 0.3) is 0 Å². The number of aliphatic imine (C=N–C) groups is 1. The van der Waals surface area contributed by atoms with E-state index in [1.807, 2.05) is 0 Å². The Bertz CT molecular complexity index is 612. The lowest BCUT2D eigenvalue weighted by atomic mass is 9.78. The van der Waals surface area contributed by atoms with Crippen LogP contribution in [-0.4, -0.2) is 30.0 Å². The molecule has 3 heteroatoms. The molecule has 2 heterocycles. The predicted molar refractivity (Wildman–Crippen MR) is 136 cm³/mol. The number of allylic oxidation sites excluding steroid dienone is 4. The van der Waals surface area contributed by atoms with Gasteiger partial charge in [0.2, 0.25) is 0 Å². The first kappa shape index (κ1) is 23.9. The maximum Gasteiger partial charge on any atom is 0.0460 e. The van der Waals surface area contributed by atoms with E-state index in [9.17, 15) is 0 Å². The second-order valence-corrected chi connectivity index (χ2v) is 10.7. The lowest BCUT2D eigenvalue weighted by Crippen LogP contribution is -2.30. The van der Waals surface area contributed by atoms with Crippen molar-refractivity contribution in [3.05, 3.63) is 36.5 Å². The molecular formula is C27H45N2P. The van der Waals surface area contributed by atoms with E-state index >= 15 is 0 Å². The van der Waals surface area contributed by atoms with Gasteiger partial charge in [-0.05, 0) is 62.4 Å². The van der Waals surface area contributed by atoms with E-state index in [2.05, 4.69) is 51.9 Å². The van der Waals surface area contributed by atoms with Gasteiger partial charge in [0.15, 0.2) is 0 Å². The van der Waals surface area contributed by atoms with Crippen molar-refractivity contribution in [2.45, 2.75) is 84.0 Å². The summed E-state index contributed by atoms with van der Waals surface area (Å²) in [5.74, 6) is 3.21. The lowest BCUT2D eigenvalue weighted by Gasteiger charge is -2.34. The summed E-state index contributed by atoms with van der Waals surface area (Å²) in [5, 5.41) is 0. The third-order valence-electron chi connectivity index (χ3n) is 7.83. The summed E-state index contributed by atoms with van der Waals surface area (Å²) in [6, 6.07) is 0. The third kappa shape index (κ3) is 7.45. The fourth-order valence-corrected chi connectivity index (χ4v) is 6.14. The van der Waals surface area contributed by atoms with Gasteiger partial charge in [-0.25, -0.2) is 0 Å². The zero-order valence-electron chi connectivity index (χ0n) is 19.4. The van der Waals surface area contributed by atoms with Crippen molar-refractivity contribution in [3.63, 3.8) is 0 Å². The highest BCUT2D eigenvalue weighted by Gasteiger charge is 2.28. The van der Waals surface area contributed by atoms with Crippen molar-refractivity contribution in [1.82, 2.24) is 4.67 Å². The van der Waals surface area contributed by atoms with E-state index in [1.165, 1.54) is 95.0 Å². The molecule has 0 aromatic heterocycles. The van der Waals surface area contributed by atoms with Crippen LogP contribution in [-0.2, 0) is 0 Å². The molecule has 0 aromatic rings. The van der Waals surface area contributed by atoms with Crippen LogP contribution in [0.2, 0.25) is 0 Å². The maximum atomic E-state index is 5.05. The maximum absolute atomic E-state index is 5.05. The predicted octanol–water partition coefficient (Wildman–Crippen LogP) is 7.39. The Morgan fingerprint density at radius 2 is 1.60 bits per heavy atom. The quantitative estimate of drug-likeness (QED) is 0.329. The van der Waals surface area contributed by atoms with Gasteiger partial charge in [0, 0.05) is 31.3 Å². The first-order valence-corrected chi connectivity index (χ1v) is 13.2. The molecule has 0 N–H and O–H groups in total. The summed E-state index contributed by atoms with van der Waals surface area (Å²) < 4.78 is 2.44. The lowest BCUT2D eigenvalue weighted by molar-refractivity contribution is 0.190. The SMILES string of the molecule is C=C(/C=C\C=C/C)C1CN=C(C2CCCCCCC(C3CCN(P)CC3)CCC2)C1. The summed E-state index contributed by atoms with van der Waals surface area (Å²) in [7, 11) is 2.91. The summed E-state index contributed by atoms with van der Waals surface area (Å²) in [4.78, 5) is 5.05. The molecule has 30 heavy (non-hydrogen) atoms. The molecule has 0 radical (unpaired) electrons. The minimum Gasteiger partial charge on any atom is -0.293 e. The largest absolute Gasteiger partial charge is 0.293 e. The van der Waals surface area contributed by atoms with E-state index in [1.54, 1.807) is 0 Å². The molecule has 3 aliphatic rings. The van der Waals surface area contributed by atoms with Crippen LogP contribution in [0.3, 0.4) is 0 Å². The Morgan fingerprint density at radius 1 is 0.933 bits per heavy atom. The highest BCUT2D eigenvalue weighted by Crippen LogP contribution is 2.36. The van der Waals surface area contributed by atoms with E-state index in [-0.39, 0.29) is 0 Å². The average Bonchev–Trinajstić information content (AvgIpc) is 3.22. The first-order valence-electron chi connectivity index (χ1n) is 12.7. The second kappa shape index (κ2) is 13.0. The smallest absolute Gasteiger partial charge is 0.0460 e. The van der Waals surface area contributed by atoms with Gasteiger partial charge < -0.3 is 0 Å². The van der Waals surface area contributed by atoms with E-state index in [0.29, 0.717) is 5.92 Å². The van der Waals surface area contributed by atoms with Gasteiger partial charge in [-0.15, -0.1) is 0 Å². The molecule has 0 aromatic carbocycles. The molecule has 2 fully saturated rings. The summed E-state index contributed by atoms with van der Waals surface area (Å²) in [5.41, 5.74) is 2.77. The van der Waals surface area contributed by atoms with Gasteiger partial charge in [-0.1, -0.05) is 85.2 Å². The van der Waals surface area contributed by atoms with Crippen LogP contribution in [0.1, 0.15) is 84.0 Å². The van der Waals surface area contributed by atoms with E-state index in [4.69, 9.17) is 4.99 Å². The number of piperidine rings is 1. The zero-order chi connectivity index (χ0) is 21.2. The van der Waals surface area contributed by atoms with Crippen molar-refractivity contribution in [2.24, 2.45) is 28.7 Å². The normalized spacial score (nSPS) is 31.1. The molecule has 1 aliphatic carbocycles. The number of hydrogen-bond donors (Lipinski definition) is 0. The molecule has 2 nitrogen and oxygen atoms in total. The topological polar surface area (TPSA) is 15.6 Å².